The number of imidazole rings is 1. The molecule has 1 aliphatic rings. The Hall–Kier alpha value is -3.06. The maximum atomic E-state index is 12.4. The molecule has 1 N–H and O–H groups in total. The van der Waals surface area contributed by atoms with Crippen LogP contribution in [0, 0.1) is 0 Å². The van der Waals surface area contributed by atoms with Gasteiger partial charge in [0.2, 0.25) is 5.91 Å². The van der Waals surface area contributed by atoms with Crippen LogP contribution in [0.1, 0.15) is 17.8 Å². The van der Waals surface area contributed by atoms with Gasteiger partial charge in [0.05, 0.1) is 37.3 Å². The molecule has 7 heteroatoms. The van der Waals surface area contributed by atoms with E-state index in [0.29, 0.717) is 45.0 Å². The molecule has 1 amide bonds. The van der Waals surface area contributed by atoms with E-state index in [-0.39, 0.29) is 5.91 Å². The number of methoxy groups -OCH3 is 1. The lowest BCUT2D eigenvalue weighted by molar-refractivity contribution is -0.120. The normalized spacial score (nSPS) is 13.2. The predicted molar refractivity (Wildman–Crippen MR) is 114 cm³/mol. The molecule has 0 unspecified atom stereocenters. The van der Waals surface area contributed by atoms with Gasteiger partial charge in [-0.25, -0.2) is 4.98 Å². The van der Waals surface area contributed by atoms with Gasteiger partial charge < -0.3 is 24.1 Å². The van der Waals surface area contributed by atoms with Gasteiger partial charge >= 0.3 is 0 Å². The molecule has 0 fully saturated rings. The van der Waals surface area contributed by atoms with Gasteiger partial charge in [-0.3, -0.25) is 4.79 Å². The number of hydrogen-bond donors (Lipinski definition) is 1. The van der Waals surface area contributed by atoms with E-state index >= 15 is 0 Å². The molecule has 0 saturated carbocycles. The quantitative estimate of drug-likeness (QED) is 0.619. The summed E-state index contributed by atoms with van der Waals surface area (Å²) in [5.41, 5.74) is 2.95. The van der Waals surface area contributed by atoms with Crippen LogP contribution in [0.4, 0.5) is 0 Å². The van der Waals surface area contributed by atoms with Crippen LogP contribution in [0.15, 0.2) is 42.5 Å². The molecule has 7 nitrogen and oxygen atoms in total. The Balaban J connectivity index is 1.35. The smallest absolute Gasteiger partial charge is 0.224 e. The molecule has 2 aromatic carbocycles. The summed E-state index contributed by atoms with van der Waals surface area (Å²) in [5.74, 6) is 2.38. The number of nitrogens with zero attached hydrogens (tertiary/aromatic N) is 2. The van der Waals surface area contributed by atoms with Crippen LogP contribution >= 0.6 is 0 Å². The first-order valence-electron chi connectivity index (χ1n) is 10.3. The maximum Gasteiger partial charge on any atom is 0.224 e. The topological polar surface area (TPSA) is 74.6 Å². The molecular formula is C23H27N3O4. The predicted octanol–water partition coefficient (Wildman–Crippen LogP) is 2.75. The second kappa shape index (κ2) is 9.63. The Morgan fingerprint density at radius 2 is 2.00 bits per heavy atom. The van der Waals surface area contributed by atoms with Crippen LogP contribution in [0.3, 0.4) is 0 Å². The standard InChI is InChI=1S/C23H27N3O4/c1-28-14-11-26-19-6-3-2-5-18(19)25-22(26)9-10-24-23(27)16-17-7-8-20-21(15-17)30-13-4-12-29-20/h2-3,5-8,15H,4,9-14,16H2,1H3,(H,24,27). The van der Waals surface area contributed by atoms with E-state index in [1.54, 1.807) is 7.11 Å². The first-order chi connectivity index (χ1) is 14.7. The summed E-state index contributed by atoms with van der Waals surface area (Å²) in [4.78, 5) is 17.2. The molecule has 1 aromatic heterocycles. The highest BCUT2D eigenvalue weighted by atomic mass is 16.5. The monoisotopic (exact) mass is 409 g/mol. The first-order valence-corrected chi connectivity index (χ1v) is 10.3. The summed E-state index contributed by atoms with van der Waals surface area (Å²) in [7, 11) is 1.69. The molecule has 158 valence electrons. The van der Waals surface area contributed by atoms with Crippen LogP contribution in [-0.2, 0) is 28.9 Å². The highest BCUT2D eigenvalue weighted by Gasteiger charge is 2.13. The number of para-hydroxylation sites is 2. The number of benzene rings is 2. The van der Waals surface area contributed by atoms with Crippen molar-refractivity contribution >= 4 is 16.9 Å². The van der Waals surface area contributed by atoms with E-state index < -0.39 is 0 Å². The van der Waals surface area contributed by atoms with Crippen molar-refractivity contribution < 1.29 is 19.0 Å². The molecule has 30 heavy (non-hydrogen) atoms. The summed E-state index contributed by atoms with van der Waals surface area (Å²) in [6, 6.07) is 13.7. The summed E-state index contributed by atoms with van der Waals surface area (Å²) >= 11 is 0. The Bertz CT molecular complexity index is 1010. The summed E-state index contributed by atoms with van der Waals surface area (Å²) in [5, 5.41) is 3.00. The molecule has 0 atom stereocenters. The van der Waals surface area contributed by atoms with Crippen LogP contribution in [0.2, 0.25) is 0 Å². The van der Waals surface area contributed by atoms with Crippen molar-refractivity contribution in [2.24, 2.45) is 0 Å². The van der Waals surface area contributed by atoms with Gasteiger partial charge in [0, 0.05) is 33.0 Å². The lowest BCUT2D eigenvalue weighted by atomic mass is 10.1. The fraction of sp³-hybridized carbons (Fsp3) is 0.391. The zero-order chi connectivity index (χ0) is 20.8. The lowest BCUT2D eigenvalue weighted by Crippen LogP contribution is -2.28. The second-order valence-electron chi connectivity index (χ2n) is 7.27. The number of aromatic nitrogens is 2. The molecule has 0 radical (unpaired) electrons. The molecule has 2 heterocycles. The molecule has 4 rings (SSSR count). The highest BCUT2D eigenvalue weighted by Crippen LogP contribution is 2.30. The number of amides is 1. The minimum atomic E-state index is -0.0240. The third kappa shape index (κ3) is 4.74. The van der Waals surface area contributed by atoms with Crippen molar-refractivity contribution in [3.05, 3.63) is 53.9 Å². The number of rotatable bonds is 8. The van der Waals surface area contributed by atoms with E-state index in [2.05, 4.69) is 16.0 Å². The van der Waals surface area contributed by atoms with E-state index in [9.17, 15) is 4.79 Å². The molecule has 0 spiro atoms. The van der Waals surface area contributed by atoms with Crippen molar-refractivity contribution in [2.75, 3.05) is 33.5 Å². The summed E-state index contributed by atoms with van der Waals surface area (Å²) in [6.45, 7) is 3.16. The average Bonchev–Trinajstić information content (AvgIpc) is 2.92. The molecule has 3 aromatic rings. The van der Waals surface area contributed by atoms with Crippen molar-refractivity contribution in [3.63, 3.8) is 0 Å². The van der Waals surface area contributed by atoms with Gasteiger partial charge in [-0.1, -0.05) is 18.2 Å². The first kappa shape index (κ1) is 20.2. The Kier molecular flexibility index (Phi) is 6.49. The molecule has 0 saturated heterocycles. The number of carbonyl (C=O) groups is 1. The molecule has 1 aliphatic heterocycles. The number of fused-ring (bicyclic) bond motifs is 2. The number of nitrogens with one attached hydrogen (secondary N) is 1. The van der Waals surface area contributed by atoms with Crippen molar-refractivity contribution in [1.82, 2.24) is 14.9 Å². The van der Waals surface area contributed by atoms with Crippen LogP contribution in [0.25, 0.3) is 11.0 Å². The van der Waals surface area contributed by atoms with Crippen LogP contribution in [0.5, 0.6) is 11.5 Å². The third-order valence-electron chi connectivity index (χ3n) is 5.10. The van der Waals surface area contributed by atoms with E-state index in [1.807, 2.05) is 36.4 Å². The molecule has 0 aliphatic carbocycles. The third-order valence-corrected chi connectivity index (χ3v) is 5.10. The number of hydrogen-bond acceptors (Lipinski definition) is 5. The van der Waals surface area contributed by atoms with Gasteiger partial charge in [0.25, 0.3) is 0 Å². The van der Waals surface area contributed by atoms with Crippen LogP contribution < -0.4 is 14.8 Å². The minimum absolute atomic E-state index is 0.0240. The zero-order valence-electron chi connectivity index (χ0n) is 17.2. The molecular weight excluding hydrogens is 382 g/mol. The zero-order valence-corrected chi connectivity index (χ0v) is 17.2. The Morgan fingerprint density at radius 3 is 2.87 bits per heavy atom. The van der Waals surface area contributed by atoms with Crippen LogP contribution in [-0.4, -0.2) is 48.9 Å². The summed E-state index contributed by atoms with van der Waals surface area (Å²) in [6.07, 6.45) is 1.82. The second-order valence-corrected chi connectivity index (χ2v) is 7.27. The lowest BCUT2D eigenvalue weighted by Gasteiger charge is -2.11. The van der Waals surface area contributed by atoms with Gasteiger partial charge in [-0.05, 0) is 29.8 Å². The van der Waals surface area contributed by atoms with Gasteiger partial charge in [0.15, 0.2) is 11.5 Å². The van der Waals surface area contributed by atoms with E-state index in [0.717, 1.165) is 41.1 Å². The Labute approximate surface area is 176 Å². The maximum absolute atomic E-state index is 12.4. The van der Waals surface area contributed by atoms with Crippen molar-refractivity contribution in [1.29, 1.82) is 0 Å². The van der Waals surface area contributed by atoms with Gasteiger partial charge in [-0.15, -0.1) is 0 Å². The average molecular weight is 409 g/mol. The SMILES string of the molecule is COCCn1c(CCNC(=O)Cc2ccc3c(c2)OCCCO3)nc2ccccc21. The van der Waals surface area contributed by atoms with Gasteiger partial charge in [-0.2, -0.15) is 0 Å². The van der Waals surface area contributed by atoms with E-state index in [4.69, 9.17) is 19.2 Å². The van der Waals surface area contributed by atoms with E-state index in [1.165, 1.54) is 0 Å². The highest BCUT2D eigenvalue weighted by molar-refractivity contribution is 5.79. The van der Waals surface area contributed by atoms with Crippen molar-refractivity contribution in [2.45, 2.75) is 25.8 Å². The largest absolute Gasteiger partial charge is 0.490 e. The number of carbonyl (C=O) groups excluding carboxylic acids is 1. The number of ether oxygens (including phenoxy) is 3. The van der Waals surface area contributed by atoms with Gasteiger partial charge in [0.1, 0.15) is 5.82 Å². The Morgan fingerprint density at radius 1 is 1.17 bits per heavy atom. The van der Waals surface area contributed by atoms with Crippen molar-refractivity contribution in [3.8, 4) is 11.5 Å². The summed E-state index contributed by atoms with van der Waals surface area (Å²) < 4.78 is 18.7. The fourth-order valence-electron chi connectivity index (χ4n) is 3.63. The molecule has 0 bridgehead atoms. The fourth-order valence-corrected chi connectivity index (χ4v) is 3.63. The minimum Gasteiger partial charge on any atom is -0.490 e.